The van der Waals surface area contributed by atoms with Crippen molar-refractivity contribution in [2.75, 3.05) is 19.3 Å². The summed E-state index contributed by atoms with van der Waals surface area (Å²) in [5.74, 6) is -0.799. The average Bonchev–Trinajstić information content (AvgIpc) is 2.66. The zero-order valence-electron chi connectivity index (χ0n) is 10.2. The second-order valence-corrected chi connectivity index (χ2v) is 7.18. The second-order valence-electron chi connectivity index (χ2n) is 4.25. The Balaban J connectivity index is 2.08. The van der Waals surface area contributed by atoms with Crippen LogP contribution in [0, 0.1) is 0 Å². The smallest absolute Gasteiger partial charge is 0.239 e. The molecule has 1 aliphatic heterocycles. The number of hydrogen-bond donors (Lipinski definition) is 1. The molecule has 1 amide bonds. The number of nitrogens with one attached hydrogen (secondary N) is 1. The third-order valence-corrected chi connectivity index (χ3v) is 5.28. The SMILES string of the molecule is CNS(=O)(=O)CC(=O)N1CCCc2sccc2C1. The number of aryl methyl sites for hydroxylation is 1. The van der Waals surface area contributed by atoms with Crippen LogP contribution in [0.15, 0.2) is 11.4 Å². The summed E-state index contributed by atoms with van der Waals surface area (Å²) in [6.45, 7) is 1.15. The number of thiophene rings is 1. The van der Waals surface area contributed by atoms with Crippen molar-refractivity contribution >= 4 is 27.3 Å². The zero-order chi connectivity index (χ0) is 13.2. The fraction of sp³-hybridized carbons (Fsp3) is 0.545. The maximum absolute atomic E-state index is 12.0. The number of sulfonamides is 1. The van der Waals surface area contributed by atoms with Gasteiger partial charge in [0.05, 0.1) is 0 Å². The highest BCUT2D eigenvalue weighted by atomic mass is 32.2. The van der Waals surface area contributed by atoms with E-state index in [1.165, 1.54) is 11.9 Å². The monoisotopic (exact) mass is 288 g/mol. The summed E-state index contributed by atoms with van der Waals surface area (Å²) < 4.78 is 24.9. The normalized spacial score (nSPS) is 16.2. The highest BCUT2D eigenvalue weighted by Crippen LogP contribution is 2.23. The molecule has 5 nitrogen and oxygen atoms in total. The molecule has 0 saturated carbocycles. The maximum atomic E-state index is 12.0. The van der Waals surface area contributed by atoms with Crippen LogP contribution in [0.5, 0.6) is 0 Å². The third kappa shape index (κ3) is 3.09. The average molecular weight is 288 g/mol. The van der Waals surface area contributed by atoms with E-state index in [4.69, 9.17) is 0 Å². The highest BCUT2D eigenvalue weighted by Gasteiger charge is 2.23. The van der Waals surface area contributed by atoms with Gasteiger partial charge in [0.1, 0.15) is 5.75 Å². The van der Waals surface area contributed by atoms with E-state index in [1.807, 2.05) is 11.4 Å². The number of amides is 1. The molecular formula is C11H16N2O3S2. The van der Waals surface area contributed by atoms with Crippen LogP contribution in [0.4, 0.5) is 0 Å². The van der Waals surface area contributed by atoms with Crippen molar-refractivity contribution < 1.29 is 13.2 Å². The number of rotatable bonds is 3. The lowest BCUT2D eigenvalue weighted by atomic mass is 10.2. The van der Waals surface area contributed by atoms with E-state index < -0.39 is 15.8 Å². The van der Waals surface area contributed by atoms with Gasteiger partial charge < -0.3 is 4.90 Å². The standard InChI is InChI=1S/C11H16N2O3S2/c1-12-18(15,16)8-11(14)13-5-2-3-10-9(7-13)4-6-17-10/h4,6,12H,2-3,5,7-8H2,1H3. The third-order valence-electron chi connectivity index (χ3n) is 3.01. The van der Waals surface area contributed by atoms with Gasteiger partial charge >= 0.3 is 0 Å². The van der Waals surface area contributed by atoms with Gasteiger partial charge in [0.15, 0.2) is 0 Å². The minimum Gasteiger partial charge on any atom is -0.337 e. The summed E-state index contributed by atoms with van der Waals surface area (Å²) in [5, 5.41) is 2.02. The summed E-state index contributed by atoms with van der Waals surface area (Å²) in [4.78, 5) is 14.9. The van der Waals surface area contributed by atoms with Crippen LogP contribution in [0.1, 0.15) is 16.9 Å². The van der Waals surface area contributed by atoms with E-state index in [9.17, 15) is 13.2 Å². The van der Waals surface area contributed by atoms with Crippen LogP contribution < -0.4 is 4.72 Å². The summed E-state index contributed by atoms with van der Waals surface area (Å²) in [6.07, 6.45) is 1.86. The van der Waals surface area contributed by atoms with Crippen LogP contribution >= 0.6 is 11.3 Å². The van der Waals surface area contributed by atoms with E-state index in [-0.39, 0.29) is 5.91 Å². The van der Waals surface area contributed by atoms with Gasteiger partial charge in [-0.3, -0.25) is 4.79 Å². The van der Waals surface area contributed by atoms with Crippen LogP contribution in [0.3, 0.4) is 0 Å². The van der Waals surface area contributed by atoms with E-state index in [2.05, 4.69) is 4.72 Å². The maximum Gasteiger partial charge on any atom is 0.239 e. The van der Waals surface area contributed by atoms with Gasteiger partial charge in [-0.25, -0.2) is 13.1 Å². The lowest BCUT2D eigenvalue weighted by Gasteiger charge is -2.20. The minimum absolute atomic E-state index is 0.330. The molecule has 18 heavy (non-hydrogen) atoms. The topological polar surface area (TPSA) is 66.5 Å². The molecule has 2 rings (SSSR count). The molecule has 0 bridgehead atoms. The summed E-state index contributed by atoms with van der Waals surface area (Å²) in [7, 11) is -2.16. The lowest BCUT2D eigenvalue weighted by molar-refractivity contribution is -0.129. The quantitative estimate of drug-likeness (QED) is 0.884. The molecule has 0 atom stereocenters. The van der Waals surface area contributed by atoms with E-state index >= 15 is 0 Å². The van der Waals surface area contributed by atoms with Crippen molar-refractivity contribution in [1.82, 2.24) is 9.62 Å². The summed E-state index contributed by atoms with van der Waals surface area (Å²) >= 11 is 1.70. The fourth-order valence-electron chi connectivity index (χ4n) is 1.98. The number of carbonyl (C=O) groups excluding carboxylic acids is 1. The minimum atomic E-state index is -3.48. The Labute approximate surface area is 111 Å². The van der Waals surface area contributed by atoms with Crippen molar-refractivity contribution in [2.45, 2.75) is 19.4 Å². The number of nitrogens with zero attached hydrogens (tertiary/aromatic N) is 1. The molecule has 0 spiro atoms. The predicted octanol–water partition coefficient (Wildman–Crippen LogP) is 0.572. The molecule has 0 radical (unpaired) electrons. The molecule has 0 saturated heterocycles. The van der Waals surface area contributed by atoms with Crippen LogP contribution in [-0.2, 0) is 27.8 Å². The molecule has 0 fully saturated rings. The first-order valence-corrected chi connectivity index (χ1v) is 8.29. The number of carbonyl (C=O) groups is 1. The molecule has 0 unspecified atom stereocenters. The van der Waals surface area contributed by atoms with Gasteiger partial charge in [-0.05, 0) is 36.9 Å². The van der Waals surface area contributed by atoms with E-state index in [0.717, 1.165) is 18.4 Å². The molecule has 0 aliphatic carbocycles. The van der Waals surface area contributed by atoms with E-state index in [1.54, 1.807) is 16.2 Å². The molecule has 1 N–H and O–H groups in total. The molecule has 0 aromatic carbocycles. The van der Waals surface area contributed by atoms with Crippen molar-refractivity contribution in [1.29, 1.82) is 0 Å². The van der Waals surface area contributed by atoms with Crippen molar-refractivity contribution in [3.63, 3.8) is 0 Å². The first-order valence-electron chi connectivity index (χ1n) is 5.76. The molecule has 2 heterocycles. The lowest BCUT2D eigenvalue weighted by Crippen LogP contribution is -2.38. The van der Waals surface area contributed by atoms with Crippen LogP contribution in [0.25, 0.3) is 0 Å². The highest BCUT2D eigenvalue weighted by molar-refractivity contribution is 7.90. The Morgan fingerprint density at radius 1 is 1.56 bits per heavy atom. The van der Waals surface area contributed by atoms with Gasteiger partial charge in [0, 0.05) is 18.0 Å². The molecule has 7 heteroatoms. The van der Waals surface area contributed by atoms with Gasteiger partial charge in [0.25, 0.3) is 0 Å². The Morgan fingerprint density at radius 2 is 2.33 bits per heavy atom. The van der Waals surface area contributed by atoms with Crippen molar-refractivity contribution in [3.8, 4) is 0 Å². The van der Waals surface area contributed by atoms with Gasteiger partial charge in [0.2, 0.25) is 15.9 Å². The number of hydrogen-bond acceptors (Lipinski definition) is 4. The summed E-state index contributed by atoms with van der Waals surface area (Å²) in [6, 6.07) is 2.01. The zero-order valence-corrected chi connectivity index (χ0v) is 11.8. The Hall–Kier alpha value is -0.920. The molecule has 1 aromatic rings. The molecule has 1 aliphatic rings. The first kappa shape index (κ1) is 13.5. The Kier molecular flexibility index (Phi) is 4.04. The second kappa shape index (κ2) is 5.38. The number of fused-ring (bicyclic) bond motifs is 1. The Bertz CT molecular complexity index is 536. The van der Waals surface area contributed by atoms with E-state index in [0.29, 0.717) is 13.1 Å². The first-order chi connectivity index (χ1) is 8.52. The largest absolute Gasteiger partial charge is 0.337 e. The fourth-order valence-corrected chi connectivity index (χ4v) is 3.58. The predicted molar refractivity (Wildman–Crippen MR) is 70.9 cm³/mol. The van der Waals surface area contributed by atoms with Gasteiger partial charge in [-0.2, -0.15) is 0 Å². The van der Waals surface area contributed by atoms with Crippen LogP contribution in [0.2, 0.25) is 0 Å². The van der Waals surface area contributed by atoms with Crippen LogP contribution in [-0.4, -0.2) is 38.6 Å². The van der Waals surface area contributed by atoms with Crippen molar-refractivity contribution in [2.24, 2.45) is 0 Å². The van der Waals surface area contributed by atoms with Gasteiger partial charge in [-0.1, -0.05) is 0 Å². The van der Waals surface area contributed by atoms with Gasteiger partial charge in [-0.15, -0.1) is 11.3 Å². The van der Waals surface area contributed by atoms with Crippen molar-refractivity contribution in [3.05, 3.63) is 21.9 Å². The summed E-state index contributed by atoms with van der Waals surface area (Å²) in [5.41, 5.74) is 1.15. The molecule has 100 valence electrons. The molecule has 1 aromatic heterocycles. The molecular weight excluding hydrogens is 272 g/mol. The Morgan fingerprint density at radius 3 is 3.06 bits per heavy atom.